The van der Waals surface area contributed by atoms with E-state index in [0.717, 1.165) is 23.9 Å². The van der Waals surface area contributed by atoms with Gasteiger partial charge in [0.05, 0.1) is 10.7 Å². The van der Waals surface area contributed by atoms with E-state index in [0.29, 0.717) is 12.2 Å². The second-order valence-corrected chi connectivity index (χ2v) is 4.97. The van der Waals surface area contributed by atoms with Gasteiger partial charge in [-0.15, -0.1) is 0 Å². The Balaban J connectivity index is 2.18. The van der Waals surface area contributed by atoms with Crippen LogP contribution < -0.4 is 5.73 Å². The summed E-state index contributed by atoms with van der Waals surface area (Å²) in [6.07, 6.45) is 3.61. The highest BCUT2D eigenvalue weighted by molar-refractivity contribution is 9.10. The number of amides is 1. The molecule has 1 aromatic rings. The van der Waals surface area contributed by atoms with Crippen molar-refractivity contribution in [3.8, 4) is 0 Å². The molecule has 6 heteroatoms. The fraction of sp³-hybridized carbons (Fsp3) is 0.600. The molecule has 1 aliphatic rings. The maximum atomic E-state index is 12.2. The number of likely N-dealkylation sites (tertiary alicyclic amines) is 1. The number of nitrogens with zero attached hydrogens (tertiary/aromatic N) is 3. The molecule has 0 radical (unpaired) electrons. The highest BCUT2D eigenvalue weighted by atomic mass is 79.9. The molecule has 0 saturated carbocycles. The number of hydrogen-bond donors (Lipinski definition) is 1. The average Bonchev–Trinajstić information content (AvgIpc) is 2.58. The van der Waals surface area contributed by atoms with Crippen LogP contribution in [0.3, 0.4) is 0 Å². The van der Waals surface area contributed by atoms with Crippen LogP contribution in [0.25, 0.3) is 0 Å². The van der Waals surface area contributed by atoms with Gasteiger partial charge in [0.1, 0.15) is 5.69 Å². The van der Waals surface area contributed by atoms with Gasteiger partial charge in [-0.1, -0.05) is 0 Å². The Labute approximate surface area is 103 Å². The number of aromatic nitrogens is 2. The van der Waals surface area contributed by atoms with Gasteiger partial charge in [0, 0.05) is 26.2 Å². The Bertz CT molecular complexity index is 384. The molecule has 0 aliphatic carbocycles. The van der Waals surface area contributed by atoms with Crippen molar-refractivity contribution in [1.82, 2.24) is 14.7 Å². The fourth-order valence-electron chi connectivity index (χ4n) is 2.00. The largest absolute Gasteiger partial charge is 0.336 e. The summed E-state index contributed by atoms with van der Waals surface area (Å²) in [5.74, 6) is 0.00188. The third-order valence-corrected chi connectivity index (χ3v) is 3.42. The topological polar surface area (TPSA) is 64.2 Å². The minimum absolute atomic E-state index is 0.00188. The van der Waals surface area contributed by atoms with Crippen molar-refractivity contribution in [3.05, 3.63) is 16.4 Å². The number of hydrogen-bond acceptors (Lipinski definition) is 3. The van der Waals surface area contributed by atoms with Crippen molar-refractivity contribution in [2.75, 3.05) is 13.1 Å². The van der Waals surface area contributed by atoms with E-state index in [1.807, 2.05) is 0 Å². The maximum Gasteiger partial charge on any atom is 0.273 e. The van der Waals surface area contributed by atoms with Crippen molar-refractivity contribution >= 4 is 21.8 Å². The number of nitrogens with two attached hydrogens (primary N) is 1. The summed E-state index contributed by atoms with van der Waals surface area (Å²) >= 11 is 3.34. The van der Waals surface area contributed by atoms with Gasteiger partial charge in [-0.3, -0.25) is 9.48 Å². The quantitative estimate of drug-likeness (QED) is 0.829. The molecule has 1 fully saturated rings. The van der Waals surface area contributed by atoms with E-state index in [1.54, 1.807) is 22.8 Å². The standard InChI is InChI=1S/C10H15BrN4O/c1-14-9(8(11)5-13-14)10(16)15-4-2-3-7(12)6-15/h5,7H,2-4,6,12H2,1H3/t7-/m1/s1. The highest BCUT2D eigenvalue weighted by Crippen LogP contribution is 2.19. The Morgan fingerprint density at radius 1 is 1.69 bits per heavy atom. The van der Waals surface area contributed by atoms with E-state index in [1.165, 1.54) is 0 Å². The Morgan fingerprint density at radius 3 is 3.00 bits per heavy atom. The first-order valence-electron chi connectivity index (χ1n) is 5.32. The molecule has 0 bridgehead atoms. The van der Waals surface area contributed by atoms with Crippen LogP contribution in [0.15, 0.2) is 10.7 Å². The van der Waals surface area contributed by atoms with Crippen LogP contribution in [0, 0.1) is 0 Å². The molecule has 2 N–H and O–H groups in total. The van der Waals surface area contributed by atoms with Gasteiger partial charge in [0.15, 0.2) is 0 Å². The number of rotatable bonds is 1. The van der Waals surface area contributed by atoms with Crippen LogP contribution in [0.5, 0.6) is 0 Å². The Kier molecular flexibility index (Phi) is 3.30. The monoisotopic (exact) mass is 286 g/mol. The van der Waals surface area contributed by atoms with Gasteiger partial charge in [-0.2, -0.15) is 5.10 Å². The lowest BCUT2D eigenvalue weighted by molar-refractivity contribution is 0.0696. The van der Waals surface area contributed by atoms with Gasteiger partial charge in [-0.25, -0.2) is 0 Å². The molecule has 1 atom stereocenters. The van der Waals surface area contributed by atoms with Crippen molar-refractivity contribution in [2.24, 2.45) is 12.8 Å². The van der Waals surface area contributed by atoms with Gasteiger partial charge < -0.3 is 10.6 Å². The predicted octanol–water partition coefficient (Wildman–Crippen LogP) is 0.746. The normalized spacial score (nSPS) is 21.2. The van der Waals surface area contributed by atoms with Crippen LogP contribution in [-0.2, 0) is 7.05 Å². The van der Waals surface area contributed by atoms with Gasteiger partial charge in [-0.05, 0) is 28.8 Å². The van der Waals surface area contributed by atoms with Crippen LogP contribution in [0.2, 0.25) is 0 Å². The van der Waals surface area contributed by atoms with E-state index in [-0.39, 0.29) is 11.9 Å². The molecule has 1 aliphatic heterocycles. The fourth-order valence-corrected chi connectivity index (χ4v) is 2.51. The summed E-state index contributed by atoms with van der Waals surface area (Å²) in [6, 6.07) is 0.102. The first kappa shape index (κ1) is 11.6. The molecule has 1 aromatic heterocycles. The minimum Gasteiger partial charge on any atom is -0.336 e. The lowest BCUT2D eigenvalue weighted by Crippen LogP contribution is -2.46. The zero-order valence-corrected chi connectivity index (χ0v) is 10.8. The van der Waals surface area contributed by atoms with Gasteiger partial charge in [0.2, 0.25) is 0 Å². The Hall–Kier alpha value is -0.880. The van der Waals surface area contributed by atoms with Crippen LogP contribution in [-0.4, -0.2) is 39.7 Å². The lowest BCUT2D eigenvalue weighted by atomic mass is 10.1. The molecule has 88 valence electrons. The molecule has 16 heavy (non-hydrogen) atoms. The second-order valence-electron chi connectivity index (χ2n) is 4.12. The van der Waals surface area contributed by atoms with Crippen molar-refractivity contribution in [3.63, 3.8) is 0 Å². The summed E-state index contributed by atoms with van der Waals surface area (Å²) in [5, 5.41) is 4.04. The summed E-state index contributed by atoms with van der Waals surface area (Å²) in [6.45, 7) is 1.42. The van der Waals surface area contributed by atoms with Gasteiger partial charge in [0.25, 0.3) is 5.91 Å². The molecular formula is C10H15BrN4O. The number of aryl methyl sites for hydroxylation is 1. The summed E-state index contributed by atoms with van der Waals surface area (Å²) in [4.78, 5) is 14.0. The van der Waals surface area contributed by atoms with E-state index in [4.69, 9.17) is 5.73 Å². The zero-order chi connectivity index (χ0) is 11.7. The Morgan fingerprint density at radius 2 is 2.44 bits per heavy atom. The molecule has 0 unspecified atom stereocenters. The van der Waals surface area contributed by atoms with Crippen LogP contribution >= 0.6 is 15.9 Å². The number of halogens is 1. The molecule has 5 nitrogen and oxygen atoms in total. The summed E-state index contributed by atoms with van der Waals surface area (Å²) < 4.78 is 2.33. The summed E-state index contributed by atoms with van der Waals surface area (Å²) in [7, 11) is 1.77. The zero-order valence-electron chi connectivity index (χ0n) is 9.19. The minimum atomic E-state index is 0.00188. The van der Waals surface area contributed by atoms with Crippen molar-refractivity contribution in [1.29, 1.82) is 0 Å². The van der Waals surface area contributed by atoms with Crippen molar-refractivity contribution in [2.45, 2.75) is 18.9 Å². The first-order chi connectivity index (χ1) is 7.59. The molecular weight excluding hydrogens is 272 g/mol. The van der Waals surface area contributed by atoms with E-state index in [2.05, 4.69) is 21.0 Å². The SMILES string of the molecule is Cn1ncc(Br)c1C(=O)N1CCC[C@@H](N)C1. The number of piperidine rings is 1. The van der Waals surface area contributed by atoms with E-state index < -0.39 is 0 Å². The average molecular weight is 287 g/mol. The molecule has 0 spiro atoms. The smallest absolute Gasteiger partial charge is 0.273 e. The molecule has 2 heterocycles. The summed E-state index contributed by atoms with van der Waals surface area (Å²) in [5.41, 5.74) is 6.46. The maximum absolute atomic E-state index is 12.2. The van der Waals surface area contributed by atoms with Crippen LogP contribution in [0.4, 0.5) is 0 Å². The third kappa shape index (κ3) is 2.12. The first-order valence-corrected chi connectivity index (χ1v) is 6.11. The second kappa shape index (κ2) is 4.55. The molecule has 0 aromatic carbocycles. The van der Waals surface area contributed by atoms with Gasteiger partial charge >= 0.3 is 0 Å². The van der Waals surface area contributed by atoms with E-state index in [9.17, 15) is 4.79 Å². The van der Waals surface area contributed by atoms with Crippen LogP contribution in [0.1, 0.15) is 23.3 Å². The lowest BCUT2D eigenvalue weighted by Gasteiger charge is -2.30. The highest BCUT2D eigenvalue weighted by Gasteiger charge is 2.25. The number of carbonyl (C=O) groups excluding carboxylic acids is 1. The number of carbonyl (C=O) groups is 1. The third-order valence-electron chi connectivity index (χ3n) is 2.84. The molecule has 1 amide bonds. The molecule has 2 rings (SSSR count). The van der Waals surface area contributed by atoms with Crippen molar-refractivity contribution < 1.29 is 4.79 Å². The molecule has 1 saturated heterocycles. The predicted molar refractivity (Wildman–Crippen MR) is 64.0 cm³/mol. The van der Waals surface area contributed by atoms with E-state index >= 15 is 0 Å².